The van der Waals surface area contributed by atoms with E-state index in [0.717, 1.165) is 0 Å². The minimum atomic E-state index is -0.568. The van der Waals surface area contributed by atoms with Gasteiger partial charge in [-0.15, -0.1) is 0 Å². The number of nitrogens with one attached hydrogen (secondary N) is 1. The molecule has 0 spiro atoms. The van der Waals surface area contributed by atoms with E-state index in [4.69, 9.17) is 19.9 Å². The maximum Gasteiger partial charge on any atom is 0.255 e. The molecule has 1 saturated heterocycles. The third-order valence-electron chi connectivity index (χ3n) is 2.61. The number of carbonyl (C=O) groups is 1. The van der Waals surface area contributed by atoms with Gasteiger partial charge in [0.15, 0.2) is 6.10 Å². The van der Waals surface area contributed by atoms with Crippen LogP contribution >= 0.6 is 0 Å². The van der Waals surface area contributed by atoms with Crippen molar-refractivity contribution in [3.05, 3.63) is 18.2 Å². The van der Waals surface area contributed by atoms with Gasteiger partial charge in [-0.25, -0.2) is 0 Å². The lowest BCUT2D eigenvalue weighted by molar-refractivity contribution is -0.142. The van der Waals surface area contributed by atoms with Crippen molar-refractivity contribution in [3.8, 4) is 5.75 Å². The second-order valence-corrected chi connectivity index (χ2v) is 3.88. The number of nitrogens with two attached hydrogens (primary N) is 1. The Morgan fingerprint density at radius 3 is 2.94 bits per heavy atom. The maximum atomic E-state index is 11.8. The van der Waals surface area contributed by atoms with Crippen LogP contribution in [0.15, 0.2) is 18.2 Å². The Labute approximate surface area is 105 Å². The number of anilines is 2. The number of benzene rings is 1. The third kappa shape index (κ3) is 2.91. The minimum absolute atomic E-state index is 0.237. The van der Waals surface area contributed by atoms with E-state index in [2.05, 4.69) is 5.32 Å². The van der Waals surface area contributed by atoms with Gasteiger partial charge in [0, 0.05) is 5.69 Å². The van der Waals surface area contributed by atoms with Gasteiger partial charge in [0.2, 0.25) is 0 Å². The second-order valence-electron chi connectivity index (χ2n) is 3.88. The van der Waals surface area contributed by atoms with Crippen LogP contribution in [0.2, 0.25) is 0 Å². The van der Waals surface area contributed by atoms with Crippen LogP contribution in [0.5, 0.6) is 5.75 Å². The number of methoxy groups -OCH3 is 1. The van der Waals surface area contributed by atoms with Gasteiger partial charge < -0.3 is 25.3 Å². The van der Waals surface area contributed by atoms with Gasteiger partial charge in [0.25, 0.3) is 5.91 Å². The van der Waals surface area contributed by atoms with Crippen molar-refractivity contribution in [2.75, 3.05) is 38.0 Å². The molecule has 6 nitrogen and oxygen atoms in total. The van der Waals surface area contributed by atoms with E-state index in [9.17, 15) is 4.79 Å². The first-order chi connectivity index (χ1) is 8.70. The first-order valence-corrected chi connectivity index (χ1v) is 5.64. The molecule has 98 valence electrons. The number of rotatable bonds is 3. The minimum Gasteiger partial charge on any atom is -0.495 e. The molecule has 1 fully saturated rings. The van der Waals surface area contributed by atoms with E-state index in [0.29, 0.717) is 30.3 Å². The van der Waals surface area contributed by atoms with Gasteiger partial charge in [-0.2, -0.15) is 0 Å². The molecule has 1 heterocycles. The lowest BCUT2D eigenvalue weighted by Gasteiger charge is -2.22. The van der Waals surface area contributed by atoms with Crippen LogP contribution in [0, 0.1) is 0 Å². The quantitative estimate of drug-likeness (QED) is 0.771. The van der Waals surface area contributed by atoms with Gasteiger partial charge in [0.05, 0.1) is 32.6 Å². The van der Waals surface area contributed by atoms with Crippen molar-refractivity contribution >= 4 is 17.3 Å². The molecule has 1 aliphatic rings. The van der Waals surface area contributed by atoms with Crippen LogP contribution in [0.1, 0.15) is 0 Å². The number of nitrogen functional groups attached to an aromatic ring is 1. The molecule has 2 rings (SSSR count). The number of hydrogen-bond donors (Lipinski definition) is 2. The molecule has 0 aromatic heterocycles. The van der Waals surface area contributed by atoms with Gasteiger partial charge >= 0.3 is 0 Å². The van der Waals surface area contributed by atoms with E-state index in [-0.39, 0.29) is 12.5 Å². The lowest BCUT2D eigenvalue weighted by Crippen LogP contribution is -2.39. The Balaban J connectivity index is 2.00. The monoisotopic (exact) mass is 252 g/mol. The zero-order valence-electron chi connectivity index (χ0n) is 10.1. The van der Waals surface area contributed by atoms with Crippen molar-refractivity contribution in [2.24, 2.45) is 0 Å². The summed E-state index contributed by atoms with van der Waals surface area (Å²) in [5, 5.41) is 2.72. The molecule has 1 aliphatic heterocycles. The molecule has 0 aliphatic carbocycles. The van der Waals surface area contributed by atoms with Gasteiger partial charge in [-0.3, -0.25) is 4.79 Å². The molecule has 1 aromatic carbocycles. The smallest absolute Gasteiger partial charge is 0.255 e. The van der Waals surface area contributed by atoms with Crippen LogP contribution in [0.4, 0.5) is 11.4 Å². The lowest BCUT2D eigenvalue weighted by atomic mass is 10.2. The van der Waals surface area contributed by atoms with Crippen LogP contribution in [-0.4, -0.2) is 38.9 Å². The summed E-state index contributed by atoms with van der Waals surface area (Å²) in [6, 6.07) is 5.06. The van der Waals surface area contributed by atoms with Crippen molar-refractivity contribution in [1.29, 1.82) is 0 Å². The van der Waals surface area contributed by atoms with Gasteiger partial charge in [0.1, 0.15) is 5.75 Å². The highest BCUT2D eigenvalue weighted by atomic mass is 16.6. The van der Waals surface area contributed by atoms with Crippen molar-refractivity contribution in [1.82, 2.24) is 0 Å². The highest BCUT2D eigenvalue weighted by Crippen LogP contribution is 2.24. The van der Waals surface area contributed by atoms with Gasteiger partial charge in [-0.05, 0) is 18.2 Å². The fourth-order valence-corrected chi connectivity index (χ4v) is 1.67. The summed E-state index contributed by atoms with van der Waals surface area (Å²) in [4.78, 5) is 11.8. The fourth-order valence-electron chi connectivity index (χ4n) is 1.67. The average Bonchev–Trinajstić information content (AvgIpc) is 2.40. The van der Waals surface area contributed by atoms with Crippen LogP contribution in [0.25, 0.3) is 0 Å². The highest BCUT2D eigenvalue weighted by Gasteiger charge is 2.22. The predicted octanol–water partition coefficient (Wildman–Crippen LogP) is 0.631. The molecular weight excluding hydrogens is 236 g/mol. The molecule has 6 heteroatoms. The van der Waals surface area contributed by atoms with Crippen molar-refractivity contribution in [3.63, 3.8) is 0 Å². The molecule has 0 radical (unpaired) electrons. The number of ether oxygens (including phenoxy) is 3. The summed E-state index contributed by atoms with van der Waals surface area (Å²) >= 11 is 0. The number of amides is 1. The number of hydrogen-bond acceptors (Lipinski definition) is 5. The largest absolute Gasteiger partial charge is 0.495 e. The Morgan fingerprint density at radius 2 is 2.33 bits per heavy atom. The van der Waals surface area contributed by atoms with Gasteiger partial charge in [-0.1, -0.05) is 0 Å². The van der Waals surface area contributed by atoms with E-state index in [1.165, 1.54) is 7.11 Å². The Kier molecular flexibility index (Phi) is 4.01. The number of carbonyl (C=O) groups excluding carboxylic acids is 1. The van der Waals surface area contributed by atoms with E-state index < -0.39 is 6.10 Å². The normalized spacial score (nSPS) is 19.3. The zero-order valence-corrected chi connectivity index (χ0v) is 10.1. The van der Waals surface area contributed by atoms with Crippen molar-refractivity contribution in [2.45, 2.75) is 6.10 Å². The van der Waals surface area contributed by atoms with Crippen LogP contribution in [-0.2, 0) is 14.3 Å². The first kappa shape index (κ1) is 12.7. The molecule has 1 amide bonds. The van der Waals surface area contributed by atoms with Crippen LogP contribution in [0.3, 0.4) is 0 Å². The van der Waals surface area contributed by atoms with E-state index in [1.54, 1.807) is 18.2 Å². The Bertz CT molecular complexity index is 430. The summed E-state index contributed by atoms with van der Waals surface area (Å²) in [7, 11) is 1.54. The molecule has 1 unspecified atom stereocenters. The molecular formula is C12H16N2O4. The second kappa shape index (κ2) is 5.70. The first-order valence-electron chi connectivity index (χ1n) is 5.64. The highest BCUT2D eigenvalue weighted by molar-refractivity contribution is 5.94. The zero-order chi connectivity index (χ0) is 13.0. The summed E-state index contributed by atoms with van der Waals surface area (Å²) < 4.78 is 15.5. The SMILES string of the molecule is COc1ccc(NC(=O)C2COCCO2)cc1N. The maximum absolute atomic E-state index is 11.8. The Morgan fingerprint density at radius 1 is 1.50 bits per heavy atom. The summed E-state index contributed by atoms with van der Waals surface area (Å²) in [5.74, 6) is 0.338. The standard InChI is InChI=1S/C12H16N2O4/c1-16-10-3-2-8(6-9(10)13)14-12(15)11-7-17-4-5-18-11/h2-3,6,11H,4-5,7,13H2,1H3,(H,14,15). The topological polar surface area (TPSA) is 82.8 Å². The summed E-state index contributed by atoms with van der Waals surface area (Å²) in [6.45, 7) is 1.24. The Hall–Kier alpha value is -1.79. The van der Waals surface area contributed by atoms with E-state index >= 15 is 0 Å². The summed E-state index contributed by atoms with van der Waals surface area (Å²) in [6.07, 6.45) is -0.568. The average molecular weight is 252 g/mol. The predicted molar refractivity (Wildman–Crippen MR) is 66.6 cm³/mol. The third-order valence-corrected chi connectivity index (χ3v) is 2.61. The molecule has 18 heavy (non-hydrogen) atoms. The molecule has 0 saturated carbocycles. The fraction of sp³-hybridized carbons (Fsp3) is 0.417. The molecule has 0 bridgehead atoms. The molecule has 1 aromatic rings. The molecule has 1 atom stereocenters. The van der Waals surface area contributed by atoms with Crippen LogP contribution < -0.4 is 15.8 Å². The summed E-state index contributed by atoms with van der Waals surface area (Å²) in [5.41, 5.74) is 6.83. The van der Waals surface area contributed by atoms with Crippen molar-refractivity contribution < 1.29 is 19.0 Å². The molecule has 3 N–H and O–H groups in total. The van der Waals surface area contributed by atoms with E-state index in [1.807, 2.05) is 0 Å².